The highest BCUT2D eigenvalue weighted by molar-refractivity contribution is 5.95. The molecule has 0 aliphatic carbocycles. The van der Waals surface area contributed by atoms with Gasteiger partial charge < -0.3 is 10.3 Å². The molecule has 6 aromatic rings. The number of benzene rings is 1. The molecule has 0 amide bonds. The Kier molecular flexibility index (Phi) is 4.86. The molecule has 33 heavy (non-hydrogen) atoms. The monoisotopic (exact) mass is 431 g/mol. The predicted molar refractivity (Wildman–Crippen MR) is 129 cm³/mol. The van der Waals surface area contributed by atoms with Gasteiger partial charge in [-0.05, 0) is 41.5 Å². The van der Waals surface area contributed by atoms with Crippen molar-refractivity contribution in [3.05, 3.63) is 96.6 Å². The Balaban J connectivity index is 1.28. The molecule has 0 aliphatic heterocycles. The third-order valence-corrected chi connectivity index (χ3v) is 5.69. The minimum atomic E-state index is 0.741. The average Bonchev–Trinajstić information content (AvgIpc) is 3.48. The van der Waals surface area contributed by atoms with Gasteiger partial charge >= 0.3 is 0 Å². The first-order valence-corrected chi connectivity index (χ1v) is 10.8. The van der Waals surface area contributed by atoms with Crippen LogP contribution in [0.5, 0.6) is 0 Å². The second-order valence-corrected chi connectivity index (χ2v) is 7.99. The molecule has 1 aromatic carbocycles. The zero-order valence-corrected chi connectivity index (χ0v) is 17.8. The van der Waals surface area contributed by atoms with Crippen LogP contribution in [0, 0.1) is 0 Å². The smallest absolute Gasteiger partial charge is 0.155 e. The number of pyridine rings is 3. The van der Waals surface area contributed by atoms with Crippen LogP contribution in [0.3, 0.4) is 0 Å². The minimum absolute atomic E-state index is 0.741. The van der Waals surface area contributed by atoms with E-state index in [1.807, 2.05) is 36.8 Å². The van der Waals surface area contributed by atoms with Crippen LogP contribution in [0.1, 0.15) is 11.1 Å². The maximum absolute atomic E-state index is 4.60. The number of H-pyrrole nitrogens is 2. The highest BCUT2D eigenvalue weighted by Gasteiger charge is 2.13. The lowest BCUT2D eigenvalue weighted by molar-refractivity contribution is 0.691. The SMILES string of the molecule is c1ccc(CNCc2cncc(-c3cnc4[nH]nc(-c5cc6cccnc6[nH]5)c4c3)c2)cc1. The number of hydrogen-bond acceptors (Lipinski definition) is 5. The summed E-state index contributed by atoms with van der Waals surface area (Å²) in [7, 11) is 0. The van der Waals surface area contributed by atoms with Gasteiger partial charge in [-0.2, -0.15) is 5.10 Å². The molecule has 0 fully saturated rings. The fourth-order valence-electron chi connectivity index (χ4n) is 4.04. The van der Waals surface area contributed by atoms with Crippen LogP contribution >= 0.6 is 0 Å². The maximum atomic E-state index is 4.60. The van der Waals surface area contributed by atoms with Crippen LogP contribution < -0.4 is 5.32 Å². The van der Waals surface area contributed by atoms with E-state index < -0.39 is 0 Å². The standard InChI is InChI=1S/C26H21N7/c1-2-5-17(6-3-1)12-27-13-18-9-20(15-28-14-18)21-10-22-24(32-33-26(22)30-16-21)23-11-19-7-4-8-29-25(19)31-23/h1-11,14-16,27H,12-13H2,(H,29,31)(H,30,32,33). The van der Waals surface area contributed by atoms with Crippen LogP contribution in [-0.2, 0) is 13.1 Å². The molecule has 7 nitrogen and oxygen atoms in total. The lowest BCUT2D eigenvalue weighted by atomic mass is 10.1. The summed E-state index contributed by atoms with van der Waals surface area (Å²) < 4.78 is 0. The number of nitrogens with one attached hydrogen (secondary N) is 3. The van der Waals surface area contributed by atoms with Gasteiger partial charge in [0.05, 0.1) is 5.69 Å². The highest BCUT2D eigenvalue weighted by atomic mass is 15.2. The van der Waals surface area contributed by atoms with Crippen molar-refractivity contribution in [3.8, 4) is 22.5 Å². The van der Waals surface area contributed by atoms with E-state index in [0.717, 1.165) is 63.2 Å². The molecule has 0 saturated carbocycles. The van der Waals surface area contributed by atoms with E-state index in [1.165, 1.54) is 5.56 Å². The molecule has 160 valence electrons. The Morgan fingerprint density at radius 2 is 1.64 bits per heavy atom. The fraction of sp³-hybridized carbons (Fsp3) is 0.0769. The lowest BCUT2D eigenvalue weighted by Crippen LogP contribution is -2.12. The molecule has 5 aromatic heterocycles. The zero-order chi connectivity index (χ0) is 22.0. The molecule has 0 spiro atoms. The quantitative estimate of drug-likeness (QED) is 0.350. The number of hydrogen-bond donors (Lipinski definition) is 3. The number of fused-ring (bicyclic) bond motifs is 2. The van der Waals surface area contributed by atoms with E-state index >= 15 is 0 Å². The summed E-state index contributed by atoms with van der Waals surface area (Å²) in [5.74, 6) is 0. The van der Waals surface area contributed by atoms with E-state index in [2.05, 4.69) is 77.9 Å². The molecule has 6 rings (SSSR count). The number of aromatic amines is 2. The van der Waals surface area contributed by atoms with Gasteiger partial charge in [0.1, 0.15) is 11.3 Å². The summed E-state index contributed by atoms with van der Waals surface area (Å²) >= 11 is 0. The zero-order valence-electron chi connectivity index (χ0n) is 17.8. The van der Waals surface area contributed by atoms with Gasteiger partial charge in [-0.1, -0.05) is 30.3 Å². The summed E-state index contributed by atoms with van der Waals surface area (Å²) in [6.07, 6.45) is 7.40. The lowest BCUT2D eigenvalue weighted by Gasteiger charge is -2.07. The van der Waals surface area contributed by atoms with Crippen molar-refractivity contribution < 1.29 is 0 Å². The fourth-order valence-corrected chi connectivity index (χ4v) is 4.04. The Bertz CT molecular complexity index is 1520. The molecule has 0 bridgehead atoms. The molecule has 3 N–H and O–H groups in total. The van der Waals surface area contributed by atoms with E-state index in [0.29, 0.717) is 0 Å². The Hall–Kier alpha value is -4.36. The van der Waals surface area contributed by atoms with Crippen LogP contribution in [0.2, 0.25) is 0 Å². The van der Waals surface area contributed by atoms with Crippen LogP contribution in [0.4, 0.5) is 0 Å². The summed E-state index contributed by atoms with van der Waals surface area (Å²) in [5.41, 5.74) is 7.72. The van der Waals surface area contributed by atoms with Gasteiger partial charge in [-0.15, -0.1) is 0 Å². The van der Waals surface area contributed by atoms with Gasteiger partial charge in [0.15, 0.2) is 5.65 Å². The normalized spacial score (nSPS) is 11.4. The number of rotatable bonds is 6. The van der Waals surface area contributed by atoms with Gasteiger partial charge in [0, 0.05) is 59.8 Å². The molecule has 0 unspecified atom stereocenters. The molecular weight excluding hydrogens is 410 g/mol. The predicted octanol–water partition coefficient (Wildman–Crippen LogP) is 4.85. The van der Waals surface area contributed by atoms with Gasteiger partial charge in [-0.25, -0.2) is 9.97 Å². The topological polar surface area (TPSA) is 95.2 Å². The van der Waals surface area contributed by atoms with Gasteiger partial charge in [0.2, 0.25) is 0 Å². The van der Waals surface area contributed by atoms with Crippen molar-refractivity contribution in [3.63, 3.8) is 0 Å². The Morgan fingerprint density at radius 3 is 2.55 bits per heavy atom. The number of nitrogens with zero attached hydrogens (tertiary/aromatic N) is 4. The summed E-state index contributed by atoms with van der Waals surface area (Å²) in [6, 6.07) is 20.7. The van der Waals surface area contributed by atoms with E-state index in [9.17, 15) is 0 Å². The summed E-state index contributed by atoms with van der Waals surface area (Å²) in [6.45, 7) is 1.56. The first-order valence-electron chi connectivity index (χ1n) is 10.8. The van der Waals surface area contributed by atoms with Crippen LogP contribution in [0.25, 0.3) is 44.6 Å². The average molecular weight is 432 g/mol. The largest absolute Gasteiger partial charge is 0.338 e. The first-order chi connectivity index (χ1) is 16.3. The molecule has 0 saturated heterocycles. The van der Waals surface area contributed by atoms with E-state index in [4.69, 9.17) is 0 Å². The van der Waals surface area contributed by atoms with Crippen molar-refractivity contribution >= 4 is 22.1 Å². The Morgan fingerprint density at radius 1 is 0.758 bits per heavy atom. The van der Waals surface area contributed by atoms with Crippen molar-refractivity contribution in [1.82, 2.24) is 35.5 Å². The van der Waals surface area contributed by atoms with Gasteiger partial charge in [0.25, 0.3) is 0 Å². The first kappa shape index (κ1) is 19.3. The van der Waals surface area contributed by atoms with E-state index in [1.54, 1.807) is 6.20 Å². The van der Waals surface area contributed by atoms with E-state index in [-0.39, 0.29) is 0 Å². The molecule has 5 heterocycles. The van der Waals surface area contributed by atoms with Crippen LogP contribution in [0.15, 0.2) is 85.5 Å². The third kappa shape index (κ3) is 3.86. The van der Waals surface area contributed by atoms with Crippen molar-refractivity contribution in [2.24, 2.45) is 0 Å². The Labute approximate surface area is 190 Å². The molecular formula is C26H21N7. The van der Waals surface area contributed by atoms with Crippen molar-refractivity contribution in [2.45, 2.75) is 13.1 Å². The summed E-state index contributed by atoms with van der Waals surface area (Å²) in [5, 5.41) is 13.0. The second-order valence-electron chi connectivity index (χ2n) is 7.99. The molecule has 7 heteroatoms. The van der Waals surface area contributed by atoms with Crippen molar-refractivity contribution in [2.75, 3.05) is 0 Å². The van der Waals surface area contributed by atoms with Crippen molar-refractivity contribution in [1.29, 1.82) is 0 Å². The number of aromatic nitrogens is 6. The van der Waals surface area contributed by atoms with Gasteiger partial charge in [-0.3, -0.25) is 10.1 Å². The molecule has 0 atom stereocenters. The van der Waals surface area contributed by atoms with Crippen LogP contribution in [-0.4, -0.2) is 30.1 Å². The highest BCUT2D eigenvalue weighted by Crippen LogP contribution is 2.30. The minimum Gasteiger partial charge on any atom is -0.338 e. The molecule has 0 radical (unpaired) electrons. The molecule has 0 aliphatic rings. The third-order valence-electron chi connectivity index (χ3n) is 5.69. The second kappa shape index (κ2) is 8.29. The summed E-state index contributed by atoms with van der Waals surface area (Å²) in [4.78, 5) is 16.8. The maximum Gasteiger partial charge on any atom is 0.155 e.